The Morgan fingerprint density at radius 3 is 2.20 bits per heavy atom. The summed E-state index contributed by atoms with van der Waals surface area (Å²) in [4.78, 5) is 10.2. The second-order valence-corrected chi connectivity index (χ2v) is 9.92. The van der Waals surface area contributed by atoms with Crippen LogP contribution in [0.25, 0.3) is 0 Å². The lowest BCUT2D eigenvalue weighted by molar-refractivity contribution is -0.384. The summed E-state index contributed by atoms with van der Waals surface area (Å²) < 4.78 is 5.80. The van der Waals surface area contributed by atoms with Gasteiger partial charge in [-0.05, 0) is 12.1 Å². The van der Waals surface area contributed by atoms with Gasteiger partial charge in [-0.1, -0.05) is 48.6 Å². The SMILES string of the molecule is C[Si](C)(COc1ccc([N+](=O)[O-])cc1)c1ccccc1. The lowest BCUT2D eigenvalue weighted by atomic mass is 10.3. The normalized spacial score (nSPS) is 11.1. The van der Waals surface area contributed by atoms with E-state index in [4.69, 9.17) is 4.74 Å². The van der Waals surface area contributed by atoms with Gasteiger partial charge in [-0.2, -0.15) is 0 Å². The number of non-ortho nitro benzene ring substituents is 1. The van der Waals surface area contributed by atoms with Crippen LogP contribution in [0.3, 0.4) is 0 Å². The van der Waals surface area contributed by atoms with Crippen LogP contribution in [0, 0.1) is 10.1 Å². The molecule has 0 heterocycles. The molecule has 0 bridgehead atoms. The topological polar surface area (TPSA) is 52.4 Å². The van der Waals surface area contributed by atoms with Crippen molar-refractivity contribution in [3.05, 3.63) is 64.7 Å². The molecule has 2 aromatic carbocycles. The third-order valence-corrected chi connectivity index (χ3v) is 5.96. The predicted molar refractivity (Wildman–Crippen MR) is 82.1 cm³/mol. The fourth-order valence-corrected chi connectivity index (χ4v) is 3.69. The summed E-state index contributed by atoms with van der Waals surface area (Å²) in [6, 6.07) is 16.6. The average molecular weight is 287 g/mol. The van der Waals surface area contributed by atoms with E-state index in [1.807, 2.05) is 18.2 Å². The van der Waals surface area contributed by atoms with E-state index >= 15 is 0 Å². The Morgan fingerprint density at radius 1 is 1.05 bits per heavy atom. The Morgan fingerprint density at radius 2 is 1.65 bits per heavy atom. The first-order valence-electron chi connectivity index (χ1n) is 6.42. The number of nitro groups is 1. The molecule has 0 atom stereocenters. The molecule has 104 valence electrons. The van der Waals surface area contributed by atoms with Crippen molar-refractivity contribution in [3.63, 3.8) is 0 Å². The lowest BCUT2D eigenvalue weighted by Crippen LogP contribution is -2.47. The van der Waals surface area contributed by atoms with Gasteiger partial charge >= 0.3 is 0 Å². The monoisotopic (exact) mass is 287 g/mol. The van der Waals surface area contributed by atoms with Crippen LogP contribution in [0.5, 0.6) is 5.75 Å². The standard InChI is InChI=1S/C15H17NO3Si/c1-20(2,15-6-4-3-5-7-15)12-19-14-10-8-13(9-11-14)16(17)18/h3-11H,12H2,1-2H3. The van der Waals surface area contributed by atoms with Crippen LogP contribution in [0.2, 0.25) is 13.1 Å². The zero-order valence-corrected chi connectivity index (χ0v) is 12.6. The van der Waals surface area contributed by atoms with Crippen molar-refractivity contribution in [1.29, 1.82) is 0 Å². The minimum Gasteiger partial charge on any atom is -0.497 e. The van der Waals surface area contributed by atoms with Crippen molar-refractivity contribution in [1.82, 2.24) is 0 Å². The molecule has 0 aliphatic rings. The number of nitrogens with zero attached hydrogens (tertiary/aromatic N) is 1. The van der Waals surface area contributed by atoms with E-state index in [-0.39, 0.29) is 5.69 Å². The van der Waals surface area contributed by atoms with Gasteiger partial charge in [0.15, 0.2) is 0 Å². The fourth-order valence-electron chi connectivity index (χ4n) is 1.90. The number of nitro benzene ring substituents is 1. The summed E-state index contributed by atoms with van der Waals surface area (Å²) in [7, 11) is -1.65. The van der Waals surface area contributed by atoms with Crippen molar-refractivity contribution in [3.8, 4) is 5.75 Å². The quantitative estimate of drug-likeness (QED) is 0.482. The highest BCUT2D eigenvalue weighted by Gasteiger charge is 2.24. The molecule has 5 heteroatoms. The van der Waals surface area contributed by atoms with E-state index in [9.17, 15) is 10.1 Å². The average Bonchev–Trinajstić information content (AvgIpc) is 2.46. The highest BCUT2D eigenvalue weighted by atomic mass is 28.3. The molecule has 2 rings (SSSR count). The maximum Gasteiger partial charge on any atom is 0.269 e. The molecule has 0 radical (unpaired) electrons. The molecule has 0 amide bonds. The van der Waals surface area contributed by atoms with Crippen LogP contribution in [0.4, 0.5) is 5.69 Å². The molecule has 0 unspecified atom stereocenters. The number of rotatable bonds is 5. The van der Waals surface area contributed by atoms with Gasteiger partial charge in [0.1, 0.15) is 13.8 Å². The predicted octanol–water partition coefficient (Wildman–Crippen LogP) is 3.13. The van der Waals surface area contributed by atoms with Crippen LogP contribution in [-0.2, 0) is 0 Å². The van der Waals surface area contributed by atoms with Crippen LogP contribution < -0.4 is 9.92 Å². The van der Waals surface area contributed by atoms with Gasteiger partial charge in [-0.25, -0.2) is 0 Å². The zero-order valence-electron chi connectivity index (χ0n) is 11.6. The van der Waals surface area contributed by atoms with Gasteiger partial charge < -0.3 is 4.74 Å². The fraction of sp³-hybridized carbons (Fsp3) is 0.200. The van der Waals surface area contributed by atoms with E-state index in [1.165, 1.54) is 17.3 Å². The number of ether oxygens (including phenoxy) is 1. The van der Waals surface area contributed by atoms with Crippen molar-refractivity contribution in [2.24, 2.45) is 0 Å². The molecule has 0 N–H and O–H groups in total. The van der Waals surface area contributed by atoms with Crippen LogP contribution in [0.15, 0.2) is 54.6 Å². The minimum absolute atomic E-state index is 0.0805. The van der Waals surface area contributed by atoms with Crippen molar-refractivity contribution in [2.75, 3.05) is 6.23 Å². The van der Waals surface area contributed by atoms with Crippen LogP contribution >= 0.6 is 0 Å². The van der Waals surface area contributed by atoms with E-state index in [0.29, 0.717) is 12.0 Å². The first-order chi connectivity index (χ1) is 9.49. The van der Waals surface area contributed by atoms with Gasteiger partial charge in [0, 0.05) is 12.1 Å². The molecule has 4 nitrogen and oxygen atoms in total. The second-order valence-electron chi connectivity index (χ2n) is 5.29. The number of hydrogen-bond donors (Lipinski definition) is 0. The maximum absolute atomic E-state index is 10.6. The molecular formula is C15H17NO3Si. The van der Waals surface area contributed by atoms with Crippen LogP contribution in [0.1, 0.15) is 0 Å². The first-order valence-corrected chi connectivity index (χ1v) is 9.62. The van der Waals surface area contributed by atoms with E-state index in [0.717, 1.165) is 0 Å². The zero-order chi connectivity index (χ0) is 14.6. The Bertz CT molecular complexity index is 582. The Labute approximate surface area is 119 Å². The smallest absolute Gasteiger partial charge is 0.269 e. The molecule has 0 saturated heterocycles. The number of benzene rings is 2. The van der Waals surface area contributed by atoms with E-state index < -0.39 is 13.0 Å². The van der Waals surface area contributed by atoms with Gasteiger partial charge in [-0.3, -0.25) is 10.1 Å². The minimum atomic E-state index is -1.65. The molecule has 2 aromatic rings. The Balaban J connectivity index is 2.03. The highest BCUT2D eigenvalue weighted by molar-refractivity contribution is 6.89. The van der Waals surface area contributed by atoms with Crippen molar-refractivity contribution in [2.45, 2.75) is 13.1 Å². The van der Waals surface area contributed by atoms with Crippen molar-refractivity contribution >= 4 is 18.9 Å². The summed E-state index contributed by atoms with van der Waals surface area (Å²) in [5.74, 6) is 0.673. The third-order valence-electron chi connectivity index (χ3n) is 3.20. The van der Waals surface area contributed by atoms with Crippen LogP contribution in [-0.4, -0.2) is 19.2 Å². The molecule has 0 spiro atoms. The molecule has 0 aromatic heterocycles. The third kappa shape index (κ3) is 3.45. The van der Waals surface area contributed by atoms with Gasteiger partial charge in [0.05, 0.1) is 11.2 Å². The summed E-state index contributed by atoms with van der Waals surface area (Å²) in [5, 5.41) is 11.9. The molecule has 0 aliphatic heterocycles. The first kappa shape index (κ1) is 14.3. The Kier molecular flexibility index (Phi) is 4.19. The van der Waals surface area contributed by atoms with Gasteiger partial charge in [-0.15, -0.1) is 0 Å². The van der Waals surface area contributed by atoms with E-state index in [1.54, 1.807) is 12.1 Å². The Hall–Kier alpha value is -2.14. The molecule has 0 saturated carbocycles. The molecule has 0 aliphatic carbocycles. The maximum atomic E-state index is 10.6. The van der Waals surface area contributed by atoms with Gasteiger partial charge in [0.2, 0.25) is 0 Å². The summed E-state index contributed by atoms with van der Waals surface area (Å²) in [6.07, 6.45) is 0.648. The molecule has 0 fully saturated rings. The lowest BCUT2D eigenvalue weighted by Gasteiger charge is -2.23. The summed E-state index contributed by atoms with van der Waals surface area (Å²) >= 11 is 0. The second kappa shape index (κ2) is 5.88. The summed E-state index contributed by atoms with van der Waals surface area (Å²) in [5.41, 5.74) is 0.0805. The largest absolute Gasteiger partial charge is 0.497 e. The van der Waals surface area contributed by atoms with Gasteiger partial charge in [0.25, 0.3) is 5.69 Å². The van der Waals surface area contributed by atoms with E-state index in [2.05, 4.69) is 25.2 Å². The highest BCUT2D eigenvalue weighted by Crippen LogP contribution is 2.18. The number of hydrogen-bond acceptors (Lipinski definition) is 3. The molecule has 20 heavy (non-hydrogen) atoms. The molecular weight excluding hydrogens is 270 g/mol. The van der Waals surface area contributed by atoms with Crippen molar-refractivity contribution < 1.29 is 9.66 Å². The summed E-state index contributed by atoms with van der Waals surface area (Å²) in [6.45, 7) is 4.49.